The highest BCUT2D eigenvalue weighted by atomic mass is 32.2. The molecule has 0 aliphatic carbocycles. The average Bonchev–Trinajstić information content (AvgIpc) is 2.53. The molecule has 2 aromatic rings. The Morgan fingerprint density at radius 1 is 1.15 bits per heavy atom. The first-order chi connectivity index (χ1) is 12.4. The summed E-state index contributed by atoms with van der Waals surface area (Å²) in [6.07, 6.45) is 0. The van der Waals surface area contributed by atoms with E-state index in [9.17, 15) is 22.2 Å². The topological polar surface area (TPSA) is 83.9 Å². The molecule has 0 radical (unpaired) electrons. The molecule has 0 heterocycles. The van der Waals surface area contributed by atoms with Gasteiger partial charge in [-0.2, -0.15) is 8.42 Å². The summed E-state index contributed by atoms with van der Waals surface area (Å²) in [7, 11) is -3.73. The molecule has 0 aliphatic heterocycles. The molecule has 0 saturated heterocycles. The van der Waals surface area contributed by atoms with Crippen LogP contribution < -0.4 is 4.31 Å². The normalized spacial score (nSPS) is 11.9. The number of anilines is 2. The van der Waals surface area contributed by atoms with Crippen molar-refractivity contribution >= 4 is 39.4 Å². The second-order valence-corrected chi connectivity index (χ2v) is 9.76. The molecule has 1 N–H and O–H groups in total. The highest BCUT2D eigenvalue weighted by Gasteiger charge is 2.28. The first-order valence-corrected chi connectivity index (χ1v) is 10.1. The quantitative estimate of drug-likeness (QED) is 0.443. The molecule has 0 aromatic heterocycles. The van der Waals surface area contributed by atoms with Gasteiger partial charge < -0.3 is 4.74 Å². The predicted octanol–water partition coefficient (Wildman–Crippen LogP) is 4.44. The minimum atomic E-state index is -4.85. The Balaban J connectivity index is 2.59. The SMILES string of the molecule is COC(=O)c1ccc(F)cc1N(c1ccc(SC(C)(C)C)cc1)S(=O)(=O)O. The minimum absolute atomic E-state index is 0.0477. The fraction of sp³-hybridized carbons (Fsp3) is 0.278. The molecule has 0 amide bonds. The van der Waals surface area contributed by atoms with Gasteiger partial charge in [-0.25, -0.2) is 13.5 Å². The van der Waals surface area contributed by atoms with Crippen molar-refractivity contribution in [2.45, 2.75) is 30.4 Å². The Morgan fingerprint density at radius 2 is 1.74 bits per heavy atom. The van der Waals surface area contributed by atoms with Crippen LogP contribution in [0, 0.1) is 5.82 Å². The number of benzene rings is 2. The van der Waals surface area contributed by atoms with Crippen LogP contribution in [-0.2, 0) is 15.0 Å². The van der Waals surface area contributed by atoms with Crippen molar-refractivity contribution in [3.63, 3.8) is 0 Å². The molecule has 6 nitrogen and oxygen atoms in total. The summed E-state index contributed by atoms with van der Waals surface area (Å²) in [5.74, 6) is -1.63. The second kappa shape index (κ2) is 7.87. The van der Waals surface area contributed by atoms with Crippen LogP contribution >= 0.6 is 11.8 Å². The molecule has 146 valence electrons. The molecule has 0 atom stereocenters. The number of thioether (sulfide) groups is 1. The molecule has 2 rings (SSSR count). The summed E-state index contributed by atoms with van der Waals surface area (Å²) in [5, 5.41) is 0. The number of hydrogen-bond donors (Lipinski definition) is 1. The van der Waals surface area contributed by atoms with Gasteiger partial charge in [0.25, 0.3) is 0 Å². The molecule has 0 saturated carbocycles. The monoisotopic (exact) mass is 413 g/mol. The van der Waals surface area contributed by atoms with E-state index in [1.165, 1.54) is 12.1 Å². The van der Waals surface area contributed by atoms with Crippen molar-refractivity contribution in [2.75, 3.05) is 11.4 Å². The molecule has 27 heavy (non-hydrogen) atoms. The lowest BCUT2D eigenvalue weighted by Gasteiger charge is -2.24. The van der Waals surface area contributed by atoms with E-state index in [-0.39, 0.29) is 21.7 Å². The fourth-order valence-electron chi connectivity index (χ4n) is 2.36. The number of ether oxygens (including phenoxy) is 1. The van der Waals surface area contributed by atoms with Crippen LogP contribution in [0.4, 0.5) is 15.8 Å². The van der Waals surface area contributed by atoms with Crippen LogP contribution in [0.2, 0.25) is 0 Å². The van der Waals surface area contributed by atoms with Gasteiger partial charge in [0, 0.05) is 9.64 Å². The van der Waals surface area contributed by atoms with E-state index in [1.807, 2.05) is 20.8 Å². The number of rotatable bonds is 5. The van der Waals surface area contributed by atoms with Gasteiger partial charge in [-0.1, -0.05) is 20.8 Å². The number of esters is 1. The number of halogens is 1. The van der Waals surface area contributed by atoms with Gasteiger partial charge in [-0.3, -0.25) is 4.55 Å². The van der Waals surface area contributed by atoms with E-state index in [0.717, 1.165) is 30.2 Å². The van der Waals surface area contributed by atoms with Crippen LogP contribution in [0.25, 0.3) is 0 Å². The summed E-state index contributed by atoms with van der Waals surface area (Å²) in [6, 6.07) is 9.24. The van der Waals surface area contributed by atoms with Gasteiger partial charge in [-0.05, 0) is 42.5 Å². The molecular formula is C18H20FNO5S2. The zero-order valence-electron chi connectivity index (χ0n) is 15.3. The second-order valence-electron chi connectivity index (χ2n) is 6.60. The lowest BCUT2D eigenvalue weighted by molar-refractivity contribution is 0.0601. The van der Waals surface area contributed by atoms with E-state index < -0.39 is 22.1 Å². The van der Waals surface area contributed by atoms with Gasteiger partial charge in [0.2, 0.25) is 0 Å². The van der Waals surface area contributed by atoms with E-state index >= 15 is 0 Å². The molecule has 0 unspecified atom stereocenters. The minimum Gasteiger partial charge on any atom is -0.465 e. The smallest absolute Gasteiger partial charge is 0.364 e. The van der Waals surface area contributed by atoms with Gasteiger partial charge >= 0.3 is 16.3 Å². The van der Waals surface area contributed by atoms with Crippen LogP contribution in [-0.4, -0.2) is 30.8 Å². The molecule has 0 bridgehead atoms. The molecule has 0 aliphatic rings. The lowest BCUT2D eigenvalue weighted by atomic mass is 10.1. The van der Waals surface area contributed by atoms with Crippen molar-refractivity contribution in [1.29, 1.82) is 0 Å². The largest absolute Gasteiger partial charge is 0.465 e. The van der Waals surface area contributed by atoms with Gasteiger partial charge in [0.05, 0.1) is 24.0 Å². The Bertz CT molecular complexity index is 937. The molecule has 0 spiro atoms. The zero-order chi connectivity index (χ0) is 20.4. The number of carbonyl (C=O) groups is 1. The van der Waals surface area contributed by atoms with Crippen molar-refractivity contribution < 1.29 is 26.9 Å². The van der Waals surface area contributed by atoms with Crippen molar-refractivity contribution in [2.24, 2.45) is 0 Å². The number of hydrogen-bond acceptors (Lipinski definition) is 5. The standard InChI is InChI=1S/C18H20FNO5S2/c1-18(2,3)26-14-8-6-13(7-9-14)20(27(22,23)24)16-11-12(19)5-10-15(16)17(21)25-4/h5-11H,1-4H3,(H,22,23,24). The fourth-order valence-corrected chi connectivity index (χ4v) is 4.12. The Kier molecular flexibility index (Phi) is 6.18. The molecule has 9 heteroatoms. The lowest BCUT2D eigenvalue weighted by Crippen LogP contribution is -2.27. The van der Waals surface area contributed by atoms with Crippen LogP contribution in [0.15, 0.2) is 47.4 Å². The predicted molar refractivity (Wildman–Crippen MR) is 103 cm³/mol. The van der Waals surface area contributed by atoms with Crippen LogP contribution in [0.1, 0.15) is 31.1 Å². The summed E-state index contributed by atoms with van der Waals surface area (Å²) in [6.45, 7) is 6.10. The van der Waals surface area contributed by atoms with E-state index in [0.29, 0.717) is 4.31 Å². The molecule has 2 aromatic carbocycles. The summed E-state index contributed by atoms with van der Waals surface area (Å²) in [4.78, 5) is 12.9. The summed E-state index contributed by atoms with van der Waals surface area (Å²) < 4.78 is 52.6. The van der Waals surface area contributed by atoms with Crippen molar-refractivity contribution in [3.05, 3.63) is 53.8 Å². The van der Waals surface area contributed by atoms with Gasteiger partial charge in [0.15, 0.2) is 0 Å². The first kappa shape index (κ1) is 21.2. The first-order valence-electron chi connectivity index (χ1n) is 7.87. The Morgan fingerprint density at radius 3 is 2.22 bits per heavy atom. The van der Waals surface area contributed by atoms with E-state index in [2.05, 4.69) is 4.74 Å². The Hall–Kier alpha value is -2.10. The average molecular weight is 413 g/mol. The Labute approximate surface area is 162 Å². The van der Waals surface area contributed by atoms with Crippen LogP contribution in [0.5, 0.6) is 0 Å². The van der Waals surface area contributed by atoms with Crippen molar-refractivity contribution in [1.82, 2.24) is 0 Å². The molecular weight excluding hydrogens is 393 g/mol. The molecule has 0 fully saturated rings. The highest BCUT2D eigenvalue weighted by Crippen LogP contribution is 2.36. The maximum atomic E-state index is 13.8. The van der Waals surface area contributed by atoms with E-state index in [4.69, 9.17) is 0 Å². The van der Waals surface area contributed by atoms with Crippen molar-refractivity contribution in [3.8, 4) is 0 Å². The number of methoxy groups -OCH3 is 1. The summed E-state index contributed by atoms with van der Waals surface area (Å²) in [5.41, 5.74) is -0.503. The zero-order valence-corrected chi connectivity index (χ0v) is 16.9. The van der Waals surface area contributed by atoms with Crippen LogP contribution in [0.3, 0.4) is 0 Å². The van der Waals surface area contributed by atoms with Gasteiger partial charge in [-0.15, -0.1) is 11.8 Å². The summed E-state index contributed by atoms with van der Waals surface area (Å²) >= 11 is 1.57. The highest BCUT2D eigenvalue weighted by molar-refractivity contribution is 8.00. The third-order valence-corrected chi connectivity index (χ3v) is 5.30. The third kappa shape index (κ3) is 5.44. The number of carbonyl (C=O) groups excluding carboxylic acids is 1. The third-order valence-electron chi connectivity index (χ3n) is 3.31. The number of nitrogens with zero attached hydrogens (tertiary/aromatic N) is 1. The van der Waals surface area contributed by atoms with E-state index in [1.54, 1.807) is 23.9 Å². The maximum absolute atomic E-state index is 13.8. The van der Waals surface area contributed by atoms with Gasteiger partial charge in [0.1, 0.15) is 5.82 Å². The maximum Gasteiger partial charge on any atom is 0.364 e.